The Labute approximate surface area is 168 Å². The van der Waals surface area contributed by atoms with Crippen LogP contribution in [-0.4, -0.2) is 35.5 Å². The maximum absolute atomic E-state index is 9.65. The van der Waals surface area contributed by atoms with Gasteiger partial charge in [0.1, 0.15) is 6.08 Å². The van der Waals surface area contributed by atoms with E-state index in [4.69, 9.17) is 16.7 Å². The molecule has 150 valence electrons. The molecule has 0 aliphatic rings. The van der Waals surface area contributed by atoms with Crippen molar-refractivity contribution in [1.82, 2.24) is 0 Å². The Hall–Kier alpha value is -1.16. The fourth-order valence-corrected chi connectivity index (χ4v) is 2.13. The summed E-state index contributed by atoms with van der Waals surface area (Å²) in [5.74, 6) is 0. The van der Waals surface area contributed by atoms with Crippen molar-refractivity contribution in [3.8, 4) is 0 Å². The van der Waals surface area contributed by atoms with Crippen LogP contribution in [0.4, 0.5) is 0 Å². The zero-order valence-electron chi connectivity index (χ0n) is 21.4. The highest BCUT2D eigenvalue weighted by Gasteiger charge is 2.05. The van der Waals surface area contributed by atoms with E-state index in [0.717, 1.165) is 25.7 Å². The van der Waals surface area contributed by atoms with Crippen molar-refractivity contribution in [2.75, 3.05) is 13.1 Å². The van der Waals surface area contributed by atoms with E-state index in [0.29, 0.717) is 12.8 Å². The first-order valence-electron chi connectivity index (χ1n) is 12.2. The second-order valence-corrected chi connectivity index (χ2v) is 6.16. The topological polar surface area (TPSA) is 49.7 Å². The van der Waals surface area contributed by atoms with Gasteiger partial charge in [-0.05, 0) is 51.9 Å². The summed E-state index contributed by atoms with van der Waals surface area (Å²) in [6, 6.07) is 0. The number of unbranched alkanes of at least 4 members (excludes halogenated alkanes) is 3. The summed E-state index contributed by atoms with van der Waals surface area (Å²) in [4.78, 5) is 0. The van der Waals surface area contributed by atoms with Gasteiger partial charge in [-0.2, -0.15) is 0 Å². The minimum Gasteiger partial charge on any atom is -0.394 e. The van der Waals surface area contributed by atoms with Crippen molar-refractivity contribution >= 4 is 0 Å². The van der Waals surface area contributed by atoms with Crippen molar-refractivity contribution in [1.29, 1.82) is 0 Å². The molecule has 3 nitrogen and oxygen atoms in total. The van der Waals surface area contributed by atoms with E-state index < -0.39 is 25.3 Å². The minimum atomic E-state index is -3.46. The van der Waals surface area contributed by atoms with Crippen LogP contribution < -0.4 is 0 Å². The fourth-order valence-electron chi connectivity index (χ4n) is 2.13. The van der Waals surface area contributed by atoms with Crippen molar-refractivity contribution < 1.29 is 21.8 Å². The molecule has 0 aliphatic carbocycles. The average Bonchev–Trinajstić information content (AvgIpc) is 2.66. The monoisotopic (exact) mass is 369 g/mol. The zero-order chi connectivity index (χ0) is 23.8. The molecule has 26 heavy (non-hydrogen) atoms. The number of ether oxygens (including phenoxy) is 1. The largest absolute Gasteiger partial charge is 0.394 e. The number of aliphatic hydroxyl groups is 2. The molecule has 0 aromatic rings. The van der Waals surface area contributed by atoms with Gasteiger partial charge in [0, 0.05) is 0 Å². The summed E-state index contributed by atoms with van der Waals surface area (Å²) >= 11 is 0. The smallest absolute Gasteiger partial charge is 0.100 e. The predicted octanol–water partition coefficient (Wildman–Crippen LogP) is 5.50. The molecule has 0 fully saturated rings. The van der Waals surface area contributed by atoms with Gasteiger partial charge in [-0.15, -0.1) is 0 Å². The molecule has 3 heteroatoms. The Kier molecular flexibility index (Phi) is 13.2. The Morgan fingerprint density at radius 2 is 1.46 bits per heavy atom. The fraction of sp³-hybridized carbons (Fsp3) is 0.652. The van der Waals surface area contributed by atoms with Gasteiger partial charge in [-0.25, -0.2) is 0 Å². The molecule has 0 aromatic carbocycles. The molecule has 0 aliphatic heterocycles. The lowest BCUT2D eigenvalue weighted by Gasteiger charge is -2.14. The Morgan fingerprint density at radius 3 is 2.00 bits per heavy atom. The van der Waals surface area contributed by atoms with Crippen LogP contribution in [0.2, 0.25) is 0 Å². The van der Waals surface area contributed by atoms with E-state index in [-0.39, 0.29) is 0 Å². The van der Waals surface area contributed by atoms with Crippen molar-refractivity contribution in [2.24, 2.45) is 0 Å². The maximum atomic E-state index is 9.65. The van der Waals surface area contributed by atoms with Gasteiger partial charge in [0.25, 0.3) is 0 Å². The molecule has 0 heterocycles. The van der Waals surface area contributed by atoms with Gasteiger partial charge in [0.05, 0.1) is 26.1 Å². The maximum Gasteiger partial charge on any atom is 0.100 e. The van der Waals surface area contributed by atoms with Gasteiger partial charge < -0.3 is 14.9 Å². The van der Waals surface area contributed by atoms with E-state index in [2.05, 4.69) is 43.4 Å². The van der Waals surface area contributed by atoms with Gasteiger partial charge in [0.2, 0.25) is 0 Å². The second-order valence-electron chi connectivity index (χ2n) is 6.16. The Bertz CT molecular complexity index is 578. The molecule has 0 spiro atoms. The van der Waals surface area contributed by atoms with E-state index in [9.17, 15) is 5.11 Å². The standard InChI is InChI=1S/C23H40O3/c1-3-4-5-6-7-8-9-10-11-12-13-14-15-16-17-18-19-22(2)26-21-23(25)20-24/h7-8,10-11,13-14,16-17,22-25H,3-6,9,12,15,18-21H2,1-2H3/b8-7-,11-10-,14-13-,17-16-/i20D2,21D2,23D. The third-order valence-electron chi connectivity index (χ3n) is 3.66. The van der Waals surface area contributed by atoms with Crippen LogP contribution in [-0.2, 0) is 4.74 Å². The van der Waals surface area contributed by atoms with Crippen molar-refractivity contribution in [3.63, 3.8) is 0 Å². The number of hydrogen-bond acceptors (Lipinski definition) is 3. The zero-order valence-corrected chi connectivity index (χ0v) is 16.4. The lowest BCUT2D eigenvalue weighted by atomic mass is 10.2. The van der Waals surface area contributed by atoms with Crippen LogP contribution in [0.1, 0.15) is 78.5 Å². The third kappa shape index (κ3) is 19.2. The molecule has 2 unspecified atom stereocenters. The minimum absolute atomic E-state index is 0.429. The van der Waals surface area contributed by atoms with E-state index in [1.807, 2.05) is 12.2 Å². The quantitative estimate of drug-likeness (QED) is 0.263. The number of allylic oxidation sites excluding steroid dienone is 8. The van der Waals surface area contributed by atoms with Crippen molar-refractivity contribution in [2.45, 2.75) is 83.8 Å². The lowest BCUT2D eigenvalue weighted by molar-refractivity contribution is -0.0244. The first-order chi connectivity index (χ1) is 14.5. The summed E-state index contributed by atoms with van der Waals surface area (Å²) in [6.07, 6.45) is 21.5. The normalized spacial score (nSPS) is 20.2. The number of rotatable bonds is 17. The highest BCUT2D eigenvalue weighted by molar-refractivity contribution is 4.99. The molecule has 0 saturated carbocycles. The molecule has 0 saturated heterocycles. The van der Waals surface area contributed by atoms with Gasteiger partial charge in [-0.3, -0.25) is 0 Å². The van der Waals surface area contributed by atoms with Crippen LogP contribution >= 0.6 is 0 Å². The summed E-state index contributed by atoms with van der Waals surface area (Å²) in [6.45, 7) is -2.74. The van der Waals surface area contributed by atoms with Crippen LogP contribution in [0.3, 0.4) is 0 Å². The van der Waals surface area contributed by atoms with Crippen LogP contribution in [0.15, 0.2) is 48.6 Å². The molecule has 0 rings (SSSR count). The van der Waals surface area contributed by atoms with Gasteiger partial charge in [-0.1, -0.05) is 68.4 Å². The molecule has 0 radical (unpaired) electrons. The average molecular weight is 370 g/mol. The molecular formula is C23H40O3. The molecule has 0 amide bonds. The van der Waals surface area contributed by atoms with Crippen LogP contribution in [0.5, 0.6) is 0 Å². The molecule has 0 aromatic heterocycles. The van der Waals surface area contributed by atoms with Crippen molar-refractivity contribution in [3.05, 3.63) is 48.6 Å². The first-order valence-corrected chi connectivity index (χ1v) is 9.68. The van der Waals surface area contributed by atoms with E-state index in [1.54, 1.807) is 6.92 Å². The van der Waals surface area contributed by atoms with Crippen LogP contribution in [0, 0.1) is 0 Å². The summed E-state index contributed by atoms with van der Waals surface area (Å²) < 4.78 is 41.5. The van der Waals surface area contributed by atoms with E-state index in [1.165, 1.54) is 19.3 Å². The SMILES string of the molecule is [2H]C([2H])(O)C([2H])(O)C([2H])([2H])OC(C)CC/C=C\C/C=C\C/C=C\C/C=C\CCCCC. The molecule has 2 N–H and O–H groups in total. The highest BCUT2D eigenvalue weighted by Crippen LogP contribution is 2.04. The van der Waals surface area contributed by atoms with Gasteiger partial charge in [0.15, 0.2) is 0 Å². The Balaban J connectivity index is 3.99. The van der Waals surface area contributed by atoms with Crippen LogP contribution in [0.25, 0.3) is 0 Å². The predicted molar refractivity (Wildman–Crippen MR) is 112 cm³/mol. The molecular weight excluding hydrogens is 324 g/mol. The van der Waals surface area contributed by atoms with Gasteiger partial charge >= 0.3 is 0 Å². The molecule has 0 bridgehead atoms. The summed E-state index contributed by atoms with van der Waals surface area (Å²) in [5.41, 5.74) is 0. The summed E-state index contributed by atoms with van der Waals surface area (Å²) in [7, 11) is 0. The Morgan fingerprint density at radius 1 is 0.923 bits per heavy atom. The summed E-state index contributed by atoms with van der Waals surface area (Å²) in [5, 5.41) is 18.8. The number of hydrogen-bond donors (Lipinski definition) is 2. The van der Waals surface area contributed by atoms with E-state index >= 15 is 0 Å². The lowest BCUT2D eigenvalue weighted by Crippen LogP contribution is -2.22. The second kappa shape index (κ2) is 20.2. The first kappa shape index (κ1) is 17.0. The molecule has 2 atom stereocenters. The third-order valence-corrected chi connectivity index (χ3v) is 3.66. The highest BCUT2D eigenvalue weighted by atomic mass is 16.5.